The summed E-state index contributed by atoms with van der Waals surface area (Å²) in [6, 6.07) is 6.13. The number of hydrogen-bond acceptors (Lipinski definition) is 2. The van der Waals surface area contributed by atoms with E-state index in [1.165, 1.54) is 12.1 Å². The molecule has 1 saturated carbocycles. The molecular formula is C11H11FN2. The normalized spacial score (nSPS) is 17.5. The zero-order chi connectivity index (χ0) is 10.1. The van der Waals surface area contributed by atoms with Crippen LogP contribution in [0.1, 0.15) is 30.0 Å². The number of hydrogen-bond donors (Lipinski definition) is 1. The average Bonchev–Trinajstić information content (AvgIpc) is 2.99. The highest BCUT2D eigenvalue weighted by molar-refractivity contribution is 5.35. The smallest absolute Gasteiger partial charge is 0.124 e. The van der Waals surface area contributed by atoms with Gasteiger partial charge in [0.2, 0.25) is 0 Å². The molecular weight excluding hydrogens is 179 g/mol. The first-order valence-corrected chi connectivity index (χ1v) is 4.67. The highest BCUT2D eigenvalue weighted by atomic mass is 19.1. The Morgan fingerprint density at radius 1 is 1.43 bits per heavy atom. The van der Waals surface area contributed by atoms with Crippen molar-refractivity contribution in [1.29, 1.82) is 5.26 Å². The Morgan fingerprint density at radius 2 is 2.14 bits per heavy atom. The largest absolute Gasteiger partial charge is 0.324 e. The van der Waals surface area contributed by atoms with Gasteiger partial charge in [-0.1, -0.05) is 0 Å². The SMILES string of the molecule is N#Cc1cc(F)cc(C(N)C2CC2)c1. The minimum Gasteiger partial charge on any atom is -0.324 e. The topological polar surface area (TPSA) is 49.8 Å². The molecule has 0 spiro atoms. The Morgan fingerprint density at radius 3 is 2.71 bits per heavy atom. The van der Waals surface area contributed by atoms with Crippen LogP contribution in [0, 0.1) is 23.1 Å². The fourth-order valence-corrected chi connectivity index (χ4v) is 1.60. The summed E-state index contributed by atoms with van der Waals surface area (Å²) >= 11 is 0. The van der Waals surface area contributed by atoms with E-state index in [0.717, 1.165) is 18.4 Å². The fourth-order valence-electron chi connectivity index (χ4n) is 1.60. The molecule has 0 aliphatic heterocycles. The molecule has 0 amide bonds. The standard InChI is InChI=1S/C11H11FN2/c12-10-4-7(6-13)3-9(5-10)11(14)8-1-2-8/h3-5,8,11H,1-2,14H2. The van der Waals surface area contributed by atoms with Crippen LogP contribution in [-0.2, 0) is 0 Å². The molecule has 1 aliphatic rings. The predicted molar refractivity (Wildman–Crippen MR) is 50.8 cm³/mol. The Balaban J connectivity index is 2.32. The van der Waals surface area contributed by atoms with Gasteiger partial charge < -0.3 is 5.73 Å². The molecule has 1 fully saturated rings. The van der Waals surface area contributed by atoms with E-state index in [4.69, 9.17) is 11.0 Å². The maximum Gasteiger partial charge on any atom is 0.124 e. The molecule has 1 aromatic carbocycles. The second-order valence-corrected chi connectivity index (χ2v) is 3.75. The monoisotopic (exact) mass is 190 g/mol. The summed E-state index contributed by atoms with van der Waals surface area (Å²) in [5.41, 5.74) is 7.00. The molecule has 1 aliphatic carbocycles. The number of nitriles is 1. The maximum absolute atomic E-state index is 13.1. The van der Waals surface area contributed by atoms with Crippen molar-refractivity contribution in [3.8, 4) is 6.07 Å². The molecule has 2 rings (SSSR count). The van der Waals surface area contributed by atoms with Gasteiger partial charge in [0, 0.05) is 6.04 Å². The summed E-state index contributed by atoms with van der Waals surface area (Å²) in [7, 11) is 0. The quantitative estimate of drug-likeness (QED) is 0.776. The second-order valence-electron chi connectivity index (χ2n) is 3.75. The van der Waals surface area contributed by atoms with Crippen LogP contribution in [0.2, 0.25) is 0 Å². The maximum atomic E-state index is 13.1. The first kappa shape index (κ1) is 9.17. The number of halogens is 1. The summed E-state index contributed by atoms with van der Waals surface area (Å²) in [6.45, 7) is 0. The van der Waals surface area contributed by atoms with Crippen molar-refractivity contribution in [2.24, 2.45) is 11.7 Å². The van der Waals surface area contributed by atoms with Gasteiger partial charge in [0.15, 0.2) is 0 Å². The molecule has 0 aromatic heterocycles. The Labute approximate surface area is 82.1 Å². The highest BCUT2D eigenvalue weighted by Gasteiger charge is 2.29. The van der Waals surface area contributed by atoms with Crippen molar-refractivity contribution >= 4 is 0 Å². The van der Waals surface area contributed by atoms with Gasteiger partial charge in [-0.15, -0.1) is 0 Å². The van der Waals surface area contributed by atoms with Crippen LogP contribution in [0.5, 0.6) is 0 Å². The lowest BCUT2D eigenvalue weighted by molar-refractivity contribution is 0.601. The van der Waals surface area contributed by atoms with E-state index in [9.17, 15) is 4.39 Å². The lowest BCUT2D eigenvalue weighted by Gasteiger charge is -2.10. The lowest BCUT2D eigenvalue weighted by Crippen LogP contribution is -2.12. The van der Waals surface area contributed by atoms with Crippen molar-refractivity contribution in [2.45, 2.75) is 18.9 Å². The zero-order valence-corrected chi connectivity index (χ0v) is 7.70. The van der Waals surface area contributed by atoms with Crippen molar-refractivity contribution in [3.63, 3.8) is 0 Å². The third-order valence-corrected chi connectivity index (χ3v) is 2.56. The van der Waals surface area contributed by atoms with E-state index in [1.807, 2.05) is 6.07 Å². The minimum atomic E-state index is -0.379. The molecule has 0 bridgehead atoms. The molecule has 1 atom stereocenters. The van der Waals surface area contributed by atoms with Crippen LogP contribution in [0.4, 0.5) is 4.39 Å². The fraction of sp³-hybridized carbons (Fsp3) is 0.364. The van der Waals surface area contributed by atoms with Crippen LogP contribution >= 0.6 is 0 Å². The number of nitrogens with two attached hydrogens (primary N) is 1. The van der Waals surface area contributed by atoms with Gasteiger partial charge in [0.1, 0.15) is 5.82 Å². The predicted octanol–water partition coefficient (Wildman–Crippen LogP) is 2.11. The van der Waals surface area contributed by atoms with Gasteiger partial charge in [0.25, 0.3) is 0 Å². The van der Waals surface area contributed by atoms with Crippen molar-refractivity contribution in [3.05, 3.63) is 35.1 Å². The van der Waals surface area contributed by atoms with E-state index in [1.54, 1.807) is 6.07 Å². The first-order chi connectivity index (χ1) is 6.70. The van der Waals surface area contributed by atoms with Gasteiger partial charge in [-0.2, -0.15) is 5.26 Å². The third-order valence-electron chi connectivity index (χ3n) is 2.56. The molecule has 0 saturated heterocycles. The highest BCUT2D eigenvalue weighted by Crippen LogP contribution is 2.39. The lowest BCUT2D eigenvalue weighted by atomic mass is 10.0. The van der Waals surface area contributed by atoms with Gasteiger partial charge in [0.05, 0.1) is 11.6 Å². The van der Waals surface area contributed by atoms with E-state index in [2.05, 4.69) is 0 Å². The molecule has 14 heavy (non-hydrogen) atoms. The van der Waals surface area contributed by atoms with Crippen molar-refractivity contribution in [2.75, 3.05) is 0 Å². The molecule has 72 valence electrons. The van der Waals surface area contributed by atoms with Crippen LogP contribution in [0.3, 0.4) is 0 Å². The van der Waals surface area contributed by atoms with E-state index in [0.29, 0.717) is 11.5 Å². The number of nitrogens with zero attached hydrogens (tertiary/aromatic N) is 1. The van der Waals surface area contributed by atoms with Gasteiger partial charge in [-0.25, -0.2) is 4.39 Å². The summed E-state index contributed by atoms with van der Waals surface area (Å²) in [5, 5.41) is 8.67. The summed E-state index contributed by atoms with van der Waals surface area (Å²) in [6.07, 6.45) is 2.22. The van der Waals surface area contributed by atoms with E-state index >= 15 is 0 Å². The summed E-state index contributed by atoms with van der Waals surface area (Å²) in [4.78, 5) is 0. The molecule has 0 radical (unpaired) electrons. The van der Waals surface area contributed by atoms with Crippen LogP contribution in [-0.4, -0.2) is 0 Å². The molecule has 2 nitrogen and oxygen atoms in total. The van der Waals surface area contributed by atoms with Gasteiger partial charge >= 0.3 is 0 Å². The zero-order valence-electron chi connectivity index (χ0n) is 7.70. The molecule has 3 heteroatoms. The second kappa shape index (κ2) is 3.39. The van der Waals surface area contributed by atoms with Crippen LogP contribution in [0.25, 0.3) is 0 Å². The van der Waals surface area contributed by atoms with Gasteiger partial charge in [-0.05, 0) is 42.5 Å². The molecule has 0 heterocycles. The van der Waals surface area contributed by atoms with Gasteiger partial charge in [-0.3, -0.25) is 0 Å². The Kier molecular flexibility index (Phi) is 2.22. The third kappa shape index (κ3) is 1.75. The average molecular weight is 190 g/mol. The van der Waals surface area contributed by atoms with E-state index in [-0.39, 0.29) is 11.9 Å². The summed E-state index contributed by atoms with van der Waals surface area (Å²) < 4.78 is 13.1. The Hall–Kier alpha value is -1.40. The van der Waals surface area contributed by atoms with E-state index < -0.39 is 0 Å². The van der Waals surface area contributed by atoms with Crippen LogP contribution < -0.4 is 5.73 Å². The number of benzene rings is 1. The molecule has 1 aromatic rings. The molecule has 2 N–H and O–H groups in total. The van der Waals surface area contributed by atoms with Crippen molar-refractivity contribution in [1.82, 2.24) is 0 Å². The number of rotatable bonds is 2. The summed E-state index contributed by atoms with van der Waals surface area (Å²) in [5.74, 6) is 0.0958. The molecule has 1 unspecified atom stereocenters. The van der Waals surface area contributed by atoms with Crippen LogP contribution in [0.15, 0.2) is 18.2 Å². The van der Waals surface area contributed by atoms with Crippen molar-refractivity contribution < 1.29 is 4.39 Å². The Bertz CT molecular complexity index is 391. The first-order valence-electron chi connectivity index (χ1n) is 4.67. The minimum absolute atomic E-state index is 0.113.